The number of benzene rings is 1. The van der Waals surface area contributed by atoms with Crippen LogP contribution in [0.1, 0.15) is 22.8 Å². The summed E-state index contributed by atoms with van der Waals surface area (Å²) in [5.41, 5.74) is 1.85. The SMILES string of the molecule is CCOC(=O)c1c(-c2cccs2)csc1N=Cc1cc(Br)ccc1O. The van der Waals surface area contributed by atoms with Crippen molar-refractivity contribution in [3.05, 3.63) is 56.7 Å². The predicted molar refractivity (Wildman–Crippen MR) is 107 cm³/mol. The van der Waals surface area contributed by atoms with Crippen LogP contribution in [-0.2, 0) is 4.74 Å². The molecule has 3 aromatic rings. The number of carbonyl (C=O) groups excluding carboxylic acids is 1. The Kier molecular flexibility index (Phi) is 5.67. The van der Waals surface area contributed by atoms with E-state index in [1.807, 2.05) is 22.9 Å². The van der Waals surface area contributed by atoms with Gasteiger partial charge in [0.05, 0.1) is 6.61 Å². The fourth-order valence-electron chi connectivity index (χ4n) is 2.21. The molecule has 4 nitrogen and oxygen atoms in total. The van der Waals surface area contributed by atoms with E-state index in [0.29, 0.717) is 22.7 Å². The average molecular weight is 436 g/mol. The van der Waals surface area contributed by atoms with Gasteiger partial charge in [-0.25, -0.2) is 9.79 Å². The zero-order valence-electron chi connectivity index (χ0n) is 13.2. The minimum absolute atomic E-state index is 0.125. The lowest BCUT2D eigenvalue weighted by molar-refractivity contribution is 0.0529. The van der Waals surface area contributed by atoms with Crippen molar-refractivity contribution in [3.8, 4) is 16.2 Å². The van der Waals surface area contributed by atoms with E-state index >= 15 is 0 Å². The first-order valence-electron chi connectivity index (χ1n) is 7.45. The highest BCUT2D eigenvalue weighted by Gasteiger charge is 2.21. The van der Waals surface area contributed by atoms with Crippen molar-refractivity contribution in [2.24, 2.45) is 4.99 Å². The second-order valence-corrected chi connectivity index (χ2v) is 7.71. The molecule has 0 unspecified atom stereocenters. The van der Waals surface area contributed by atoms with Crippen molar-refractivity contribution < 1.29 is 14.6 Å². The molecule has 0 saturated carbocycles. The number of phenolic OH excluding ortho intramolecular Hbond substituents is 1. The van der Waals surface area contributed by atoms with Gasteiger partial charge in [0.2, 0.25) is 0 Å². The monoisotopic (exact) mass is 435 g/mol. The molecule has 2 aromatic heterocycles. The zero-order chi connectivity index (χ0) is 17.8. The van der Waals surface area contributed by atoms with E-state index in [1.165, 1.54) is 11.3 Å². The number of ether oxygens (including phenoxy) is 1. The van der Waals surface area contributed by atoms with E-state index in [1.54, 1.807) is 42.7 Å². The number of hydrogen-bond acceptors (Lipinski definition) is 6. The first kappa shape index (κ1) is 17.8. The molecule has 2 heterocycles. The Bertz CT molecular complexity index is 917. The van der Waals surface area contributed by atoms with Crippen molar-refractivity contribution in [1.82, 2.24) is 0 Å². The Morgan fingerprint density at radius 2 is 2.20 bits per heavy atom. The molecule has 0 bridgehead atoms. The van der Waals surface area contributed by atoms with E-state index in [2.05, 4.69) is 20.9 Å². The molecule has 25 heavy (non-hydrogen) atoms. The Hall–Kier alpha value is -1.96. The Balaban J connectivity index is 2.02. The van der Waals surface area contributed by atoms with E-state index < -0.39 is 5.97 Å². The van der Waals surface area contributed by atoms with Gasteiger partial charge < -0.3 is 9.84 Å². The quantitative estimate of drug-likeness (QED) is 0.402. The third kappa shape index (κ3) is 4.00. The van der Waals surface area contributed by atoms with Gasteiger partial charge in [-0.3, -0.25) is 0 Å². The van der Waals surface area contributed by atoms with Crippen LogP contribution < -0.4 is 0 Å². The van der Waals surface area contributed by atoms with Crippen LogP contribution in [0.3, 0.4) is 0 Å². The standard InChI is InChI=1S/C18H14BrNO3S2/c1-2-23-18(22)16-13(15-4-3-7-24-15)10-25-17(16)20-9-11-8-12(19)5-6-14(11)21/h3-10,21H,2H2,1H3. The average Bonchev–Trinajstić information content (AvgIpc) is 3.24. The molecule has 0 saturated heterocycles. The topological polar surface area (TPSA) is 58.9 Å². The molecule has 0 fully saturated rings. The van der Waals surface area contributed by atoms with Crippen molar-refractivity contribution in [2.75, 3.05) is 6.61 Å². The maximum Gasteiger partial charge on any atom is 0.341 e. The number of phenols is 1. The number of aromatic hydroxyl groups is 1. The Morgan fingerprint density at radius 1 is 1.36 bits per heavy atom. The van der Waals surface area contributed by atoms with Crippen molar-refractivity contribution >= 4 is 55.8 Å². The van der Waals surface area contributed by atoms with Crippen LogP contribution in [0.4, 0.5) is 5.00 Å². The normalized spacial score (nSPS) is 11.1. The summed E-state index contributed by atoms with van der Waals surface area (Å²) in [6.07, 6.45) is 1.55. The number of esters is 1. The van der Waals surface area contributed by atoms with Crippen LogP contribution in [-0.4, -0.2) is 23.9 Å². The minimum Gasteiger partial charge on any atom is -0.507 e. The lowest BCUT2D eigenvalue weighted by Gasteiger charge is -2.04. The maximum atomic E-state index is 12.4. The molecule has 0 aliphatic rings. The predicted octanol–water partition coefficient (Wildman–Crippen LogP) is 5.87. The summed E-state index contributed by atoms with van der Waals surface area (Å²) in [4.78, 5) is 17.9. The lowest BCUT2D eigenvalue weighted by Crippen LogP contribution is -2.04. The Morgan fingerprint density at radius 3 is 2.92 bits per heavy atom. The van der Waals surface area contributed by atoms with Crippen molar-refractivity contribution in [2.45, 2.75) is 6.92 Å². The number of nitrogens with zero attached hydrogens (tertiary/aromatic N) is 1. The number of thiophene rings is 2. The summed E-state index contributed by atoms with van der Waals surface area (Å²) >= 11 is 6.30. The summed E-state index contributed by atoms with van der Waals surface area (Å²) in [5, 5.41) is 14.4. The summed E-state index contributed by atoms with van der Waals surface area (Å²) in [6, 6.07) is 8.99. The van der Waals surface area contributed by atoms with Gasteiger partial charge in [-0.05, 0) is 36.6 Å². The molecule has 0 aliphatic carbocycles. The highest BCUT2D eigenvalue weighted by molar-refractivity contribution is 9.10. The van der Waals surface area contributed by atoms with E-state index in [4.69, 9.17) is 4.74 Å². The molecule has 128 valence electrons. The summed E-state index contributed by atoms with van der Waals surface area (Å²) in [7, 11) is 0. The summed E-state index contributed by atoms with van der Waals surface area (Å²) in [5.74, 6) is -0.266. The van der Waals surface area contributed by atoms with Gasteiger partial charge in [0.25, 0.3) is 0 Å². The van der Waals surface area contributed by atoms with Gasteiger partial charge in [0.15, 0.2) is 0 Å². The fourth-order valence-corrected chi connectivity index (χ4v) is 4.31. The largest absolute Gasteiger partial charge is 0.507 e. The molecule has 3 rings (SSSR count). The molecule has 0 spiro atoms. The second kappa shape index (κ2) is 7.95. The smallest absolute Gasteiger partial charge is 0.341 e. The Labute approximate surface area is 161 Å². The molecule has 0 atom stereocenters. The van der Waals surface area contributed by atoms with E-state index in [9.17, 15) is 9.90 Å². The van der Waals surface area contributed by atoms with Crippen LogP contribution >= 0.6 is 38.6 Å². The van der Waals surface area contributed by atoms with Gasteiger partial charge in [0, 0.05) is 32.1 Å². The number of halogens is 1. The van der Waals surface area contributed by atoms with Gasteiger partial charge >= 0.3 is 5.97 Å². The number of aliphatic imine (C=N–C) groups is 1. The van der Waals surface area contributed by atoms with Crippen molar-refractivity contribution in [1.29, 1.82) is 0 Å². The first-order valence-corrected chi connectivity index (χ1v) is 10.0. The third-order valence-electron chi connectivity index (χ3n) is 3.35. The lowest BCUT2D eigenvalue weighted by atomic mass is 10.1. The molecule has 7 heteroatoms. The van der Waals surface area contributed by atoms with Crippen LogP contribution in [0.2, 0.25) is 0 Å². The van der Waals surface area contributed by atoms with Gasteiger partial charge in [-0.1, -0.05) is 22.0 Å². The van der Waals surface area contributed by atoms with Gasteiger partial charge in [0.1, 0.15) is 16.3 Å². The third-order valence-corrected chi connectivity index (χ3v) is 5.63. The number of hydrogen-bond donors (Lipinski definition) is 1. The molecule has 1 N–H and O–H groups in total. The van der Waals surface area contributed by atoms with Crippen molar-refractivity contribution in [3.63, 3.8) is 0 Å². The van der Waals surface area contributed by atoms with Crippen LogP contribution in [0.15, 0.2) is 50.6 Å². The maximum absolute atomic E-state index is 12.4. The summed E-state index contributed by atoms with van der Waals surface area (Å²) < 4.78 is 6.04. The number of rotatable bonds is 5. The molecule has 0 amide bonds. The number of carbonyl (C=O) groups is 1. The first-order chi connectivity index (χ1) is 12.1. The van der Waals surface area contributed by atoms with Gasteiger partial charge in [-0.15, -0.1) is 22.7 Å². The minimum atomic E-state index is -0.391. The zero-order valence-corrected chi connectivity index (χ0v) is 16.5. The second-order valence-electron chi connectivity index (χ2n) is 4.99. The van der Waals surface area contributed by atoms with Crippen LogP contribution in [0.5, 0.6) is 5.75 Å². The van der Waals surface area contributed by atoms with Gasteiger partial charge in [-0.2, -0.15) is 0 Å². The molecular formula is C18H14BrNO3S2. The summed E-state index contributed by atoms with van der Waals surface area (Å²) in [6.45, 7) is 2.08. The molecule has 1 aromatic carbocycles. The van der Waals surface area contributed by atoms with E-state index in [0.717, 1.165) is 14.9 Å². The van der Waals surface area contributed by atoms with Crippen LogP contribution in [0.25, 0.3) is 10.4 Å². The molecule has 0 aliphatic heterocycles. The fraction of sp³-hybridized carbons (Fsp3) is 0.111. The highest BCUT2D eigenvalue weighted by atomic mass is 79.9. The molecular weight excluding hydrogens is 422 g/mol. The molecule has 0 radical (unpaired) electrons. The van der Waals surface area contributed by atoms with Crippen LogP contribution in [0, 0.1) is 0 Å². The highest BCUT2D eigenvalue weighted by Crippen LogP contribution is 2.39. The van der Waals surface area contributed by atoms with E-state index in [-0.39, 0.29) is 5.75 Å².